The fourth-order valence-electron chi connectivity index (χ4n) is 2.09. The molecular weight excluding hydrogens is 246 g/mol. The Kier molecular flexibility index (Phi) is 9.14. The number of unbranched alkanes of at least 4 members (excludes halogenated alkanes) is 3. The Hall–Kier alpha value is -1.02. The Balaban J connectivity index is 2.01. The number of rotatable bonds is 11. The maximum absolute atomic E-state index is 5.77. The molecule has 114 valence electrons. The maximum atomic E-state index is 5.77. The summed E-state index contributed by atoms with van der Waals surface area (Å²) in [5.74, 6) is 1.58. The van der Waals surface area contributed by atoms with Crippen LogP contribution in [0.25, 0.3) is 0 Å². The van der Waals surface area contributed by atoms with Gasteiger partial charge in [0.1, 0.15) is 5.75 Å². The molecule has 0 aromatic heterocycles. The van der Waals surface area contributed by atoms with Crippen molar-refractivity contribution >= 4 is 0 Å². The first-order valence-electron chi connectivity index (χ1n) is 8.17. The van der Waals surface area contributed by atoms with E-state index in [2.05, 4.69) is 50.4 Å². The molecule has 2 heteroatoms. The van der Waals surface area contributed by atoms with Gasteiger partial charge in [0.25, 0.3) is 0 Å². The molecule has 2 nitrogen and oxygen atoms in total. The molecule has 0 aliphatic heterocycles. The van der Waals surface area contributed by atoms with E-state index in [-0.39, 0.29) is 0 Å². The minimum Gasteiger partial charge on any atom is -0.494 e. The van der Waals surface area contributed by atoms with Crippen molar-refractivity contribution in [3.8, 4) is 5.75 Å². The van der Waals surface area contributed by atoms with Crippen LogP contribution in [0.15, 0.2) is 24.3 Å². The maximum Gasteiger partial charge on any atom is 0.119 e. The zero-order chi connectivity index (χ0) is 14.6. The number of benzene rings is 1. The van der Waals surface area contributed by atoms with E-state index in [1.165, 1.54) is 31.2 Å². The third-order valence-electron chi connectivity index (χ3n) is 3.52. The third kappa shape index (κ3) is 7.54. The van der Waals surface area contributed by atoms with Crippen molar-refractivity contribution in [2.45, 2.75) is 58.8 Å². The van der Waals surface area contributed by atoms with Crippen molar-refractivity contribution in [3.05, 3.63) is 29.8 Å². The van der Waals surface area contributed by atoms with Crippen LogP contribution in [0.3, 0.4) is 0 Å². The second kappa shape index (κ2) is 10.7. The van der Waals surface area contributed by atoms with Crippen LogP contribution >= 0.6 is 0 Å². The zero-order valence-electron chi connectivity index (χ0n) is 13.5. The highest BCUT2D eigenvalue weighted by atomic mass is 16.5. The third-order valence-corrected chi connectivity index (χ3v) is 3.52. The zero-order valence-corrected chi connectivity index (χ0v) is 13.5. The fourth-order valence-corrected chi connectivity index (χ4v) is 2.09. The van der Waals surface area contributed by atoms with Crippen molar-refractivity contribution in [2.75, 3.05) is 19.7 Å². The number of hydrogen-bond acceptors (Lipinski definition) is 2. The summed E-state index contributed by atoms with van der Waals surface area (Å²) >= 11 is 0. The summed E-state index contributed by atoms with van der Waals surface area (Å²) < 4.78 is 5.77. The molecule has 20 heavy (non-hydrogen) atoms. The Labute approximate surface area is 124 Å². The first-order chi connectivity index (χ1) is 9.74. The predicted molar refractivity (Wildman–Crippen MR) is 87.7 cm³/mol. The number of nitrogens with one attached hydrogen (secondary N) is 1. The van der Waals surface area contributed by atoms with Crippen molar-refractivity contribution in [1.29, 1.82) is 0 Å². The minimum atomic E-state index is 0.587. The lowest BCUT2D eigenvalue weighted by atomic mass is 10.0. The standard InChI is InChI=1S/C18H31NO/c1-4-5-13-19-14-7-6-8-15-20-18-11-9-17(10-12-18)16(2)3/h9-12,16,19H,4-8,13-15H2,1-3H3. The van der Waals surface area contributed by atoms with Gasteiger partial charge in [-0.2, -0.15) is 0 Å². The van der Waals surface area contributed by atoms with Gasteiger partial charge in [0.15, 0.2) is 0 Å². The van der Waals surface area contributed by atoms with Gasteiger partial charge in [-0.25, -0.2) is 0 Å². The van der Waals surface area contributed by atoms with Crippen LogP contribution in [0.5, 0.6) is 5.75 Å². The first-order valence-corrected chi connectivity index (χ1v) is 8.17. The van der Waals surface area contributed by atoms with Crippen molar-refractivity contribution in [3.63, 3.8) is 0 Å². The number of hydrogen-bond donors (Lipinski definition) is 1. The van der Waals surface area contributed by atoms with Gasteiger partial charge < -0.3 is 10.1 Å². The van der Waals surface area contributed by atoms with E-state index in [9.17, 15) is 0 Å². The molecule has 0 radical (unpaired) electrons. The molecule has 0 saturated heterocycles. The molecule has 0 aliphatic rings. The lowest BCUT2D eigenvalue weighted by Crippen LogP contribution is -2.16. The number of ether oxygens (including phenoxy) is 1. The molecule has 0 heterocycles. The van der Waals surface area contributed by atoms with Gasteiger partial charge in [-0.15, -0.1) is 0 Å². The average Bonchev–Trinajstić information content (AvgIpc) is 2.46. The van der Waals surface area contributed by atoms with Gasteiger partial charge in [-0.1, -0.05) is 39.3 Å². The van der Waals surface area contributed by atoms with Gasteiger partial charge in [0.2, 0.25) is 0 Å². The van der Waals surface area contributed by atoms with E-state index in [1.807, 2.05) is 0 Å². The largest absolute Gasteiger partial charge is 0.494 e. The second-order valence-corrected chi connectivity index (χ2v) is 5.74. The predicted octanol–water partition coefficient (Wildman–Crippen LogP) is 4.75. The molecular formula is C18H31NO. The molecule has 0 spiro atoms. The monoisotopic (exact) mass is 277 g/mol. The molecule has 1 N–H and O–H groups in total. The van der Waals surface area contributed by atoms with Gasteiger partial charge in [-0.05, 0) is 62.4 Å². The lowest BCUT2D eigenvalue weighted by Gasteiger charge is -2.09. The lowest BCUT2D eigenvalue weighted by molar-refractivity contribution is 0.305. The highest BCUT2D eigenvalue weighted by molar-refractivity contribution is 5.28. The molecule has 0 atom stereocenters. The van der Waals surface area contributed by atoms with Crippen molar-refractivity contribution < 1.29 is 4.74 Å². The Morgan fingerprint density at radius 1 is 0.950 bits per heavy atom. The summed E-state index contributed by atoms with van der Waals surface area (Å²) in [4.78, 5) is 0. The fraction of sp³-hybridized carbons (Fsp3) is 0.667. The first kappa shape index (κ1) is 17.0. The molecule has 0 bridgehead atoms. The molecule has 0 unspecified atom stereocenters. The van der Waals surface area contributed by atoms with E-state index in [1.54, 1.807) is 0 Å². The van der Waals surface area contributed by atoms with E-state index in [0.717, 1.165) is 31.9 Å². The topological polar surface area (TPSA) is 21.3 Å². The van der Waals surface area contributed by atoms with Crippen LogP contribution in [-0.2, 0) is 0 Å². The van der Waals surface area contributed by atoms with Crippen LogP contribution in [0, 0.1) is 0 Å². The Morgan fingerprint density at radius 2 is 1.65 bits per heavy atom. The summed E-state index contributed by atoms with van der Waals surface area (Å²) in [7, 11) is 0. The van der Waals surface area contributed by atoms with Crippen molar-refractivity contribution in [1.82, 2.24) is 5.32 Å². The van der Waals surface area contributed by atoms with Gasteiger partial charge >= 0.3 is 0 Å². The SMILES string of the molecule is CCCCNCCCCCOc1ccc(C(C)C)cc1. The molecule has 0 amide bonds. The normalized spacial score (nSPS) is 11.0. The van der Waals surface area contributed by atoms with Crippen LogP contribution in [0.1, 0.15) is 64.4 Å². The molecule has 0 saturated carbocycles. The van der Waals surface area contributed by atoms with Crippen molar-refractivity contribution in [2.24, 2.45) is 0 Å². The van der Waals surface area contributed by atoms with E-state index in [0.29, 0.717) is 5.92 Å². The van der Waals surface area contributed by atoms with Crippen LogP contribution in [-0.4, -0.2) is 19.7 Å². The molecule has 1 aromatic carbocycles. The Bertz CT molecular complexity index is 332. The van der Waals surface area contributed by atoms with E-state index >= 15 is 0 Å². The van der Waals surface area contributed by atoms with Crippen LogP contribution in [0.4, 0.5) is 0 Å². The quantitative estimate of drug-likeness (QED) is 0.589. The molecule has 1 rings (SSSR count). The highest BCUT2D eigenvalue weighted by Gasteiger charge is 1.99. The highest BCUT2D eigenvalue weighted by Crippen LogP contribution is 2.18. The molecule has 0 aliphatic carbocycles. The smallest absolute Gasteiger partial charge is 0.119 e. The Morgan fingerprint density at radius 3 is 2.30 bits per heavy atom. The summed E-state index contributed by atoms with van der Waals surface area (Å²) in [6.07, 6.45) is 6.19. The minimum absolute atomic E-state index is 0.587. The summed E-state index contributed by atoms with van der Waals surface area (Å²) in [5, 5.41) is 3.47. The van der Waals surface area contributed by atoms with Gasteiger partial charge in [0.05, 0.1) is 6.61 Å². The summed E-state index contributed by atoms with van der Waals surface area (Å²) in [5.41, 5.74) is 1.37. The van der Waals surface area contributed by atoms with E-state index < -0.39 is 0 Å². The van der Waals surface area contributed by atoms with Crippen LogP contribution < -0.4 is 10.1 Å². The molecule has 1 aromatic rings. The van der Waals surface area contributed by atoms with Gasteiger partial charge in [0, 0.05) is 0 Å². The average molecular weight is 277 g/mol. The van der Waals surface area contributed by atoms with Crippen LogP contribution in [0.2, 0.25) is 0 Å². The van der Waals surface area contributed by atoms with Gasteiger partial charge in [-0.3, -0.25) is 0 Å². The second-order valence-electron chi connectivity index (χ2n) is 5.74. The summed E-state index contributed by atoms with van der Waals surface area (Å²) in [6.45, 7) is 9.79. The van der Waals surface area contributed by atoms with E-state index in [4.69, 9.17) is 4.74 Å². The molecule has 0 fully saturated rings. The summed E-state index contributed by atoms with van der Waals surface area (Å²) in [6, 6.07) is 8.50.